The standard InChI is InChI=1S/C21H19NOS2/c1-2-24-19-14-8-6-12-17(19)21(23)22-18-13-7-9-15-20(18)25-16-10-4-3-5-11-16/h3-15H,2H2,1H3,(H,22,23). The number of rotatable bonds is 6. The van der Waals surface area contributed by atoms with Crippen LogP contribution in [0.3, 0.4) is 0 Å². The molecule has 0 aromatic heterocycles. The van der Waals surface area contributed by atoms with Crippen molar-refractivity contribution in [1.82, 2.24) is 0 Å². The van der Waals surface area contributed by atoms with Crippen LogP contribution in [0.5, 0.6) is 0 Å². The van der Waals surface area contributed by atoms with Gasteiger partial charge in [0.25, 0.3) is 5.91 Å². The van der Waals surface area contributed by atoms with E-state index in [2.05, 4.69) is 24.4 Å². The molecule has 0 aliphatic carbocycles. The monoisotopic (exact) mass is 365 g/mol. The fraction of sp³-hybridized carbons (Fsp3) is 0.0952. The third-order valence-electron chi connectivity index (χ3n) is 3.54. The van der Waals surface area contributed by atoms with Gasteiger partial charge in [-0.25, -0.2) is 0 Å². The summed E-state index contributed by atoms with van der Waals surface area (Å²) in [7, 11) is 0. The fourth-order valence-electron chi connectivity index (χ4n) is 2.40. The first-order valence-electron chi connectivity index (χ1n) is 8.13. The minimum atomic E-state index is -0.0716. The second-order valence-corrected chi connectivity index (χ2v) is 7.72. The van der Waals surface area contributed by atoms with Crippen LogP contribution in [0.2, 0.25) is 0 Å². The van der Waals surface area contributed by atoms with Gasteiger partial charge >= 0.3 is 0 Å². The van der Waals surface area contributed by atoms with Crippen molar-refractivity contribution >= 4 is 35.1 Å². The van der Waals surface area contributed by atoms with Gasteiger partial charge < -0.3 is 5.32 Å². The topological polar surface area (TPSA) is 29.1 Å². The summed E-state index contributed by atoms with van der Waals surface area (Å²) >= 11 is 3.33. The Labute approximate surface area is 157 Å². The molecule has 4 heteroatoms. The Kier molecular flexibility index (Phi) is 6.20. The van der Waals surface area contributed by atoms with Gasteiger partial charge in [0.15, 0.2) is 0 Å². The van der Waals surface area contributed by atoms with Gasteiger partial charge in [-0.05, 0) is 42.2 Å². The Morgan fingerprint density at radius 3 is 2.24 bits per heavy atom. The van der Waals surface area contributed by atoms with Crippen LogP contribution in [0.15, 0.2) is 93.5 Å². The summed E-state index contributed by atoms with van der Waals surface area (Å²) < 4.78 is 0. The average molecular weight is 366 g/mol. The smallest absolute Gasteiger partial charge is 0.256 e. The number of hydrogen-bond donors (Lipinski definition) is 1. The van der Waals surface area contributed by atoms with Crippen LogP contribution in [0.4, 0.5) is 5.69 Å². The lowest BCUT2D eigenvalue weighted by Gasteiger charge is -2.12. The second kappa shape index (κ2) is 8.79. The molecule has 0 atom stereocenters. The predicted octanol–water partition coefficient (Wildman–Crippen LogP) is 6.20. The highest BCUT2D eigenvalue weighted by molar-refractivity contribution is 7.99. The number of nitrogens with one attached hydrogen (secondary N) is 1. The lowest BCUT2D eigenvalue weighted by atomic mass is 10.2. The molecule has 0 unspecified atom stereocenters. The number of benzene rings is 3. The molecular weight excluding hydrogens is 346 g/mol. The summed E-state index contributed by atoms with van der Waals surface area (Å²) in [4.78, 5) is 16.0. The summed E-state index contributed by atoms with van der Waals surface area (Å²) in [6, 6.07) is 25.8. The number of amides is 1. The molecule has 126 valence electrons. The Morgan fingerprint density at radius 2 is 1.48 bits per heavy atom. The normalized spacial score (nSPS) is 10.4. The number of carbonyl (C=O) groups excluding carboxylic acids is 1. The number of thioether (sulfide) groups is 1. The van der Waals surface area contributed by atoms with Gasteiger partial charge in [0.05, 0.1) is 11.3 Å². The third-order valence-corrected chi connectivity index (χ3v) is 5.58. The first kappa shape index (κ1) is 17.6. The SMILES string of the molecule is CCSc1ccccc1C(=O)Nc1ccccc1Sc1ccccc1. The fourth-order valence-corrected chi connectivity index (χ4v) is 4.12. The van der Waals surface area contributed by atoms with Gasteiger partial charge in [0.1, 0.15) is 0 Å². The lowest BCUT2D eigenvalue weighted by Crippen LogP contribution is -2.13. The van der Waals surface area contributed by atoms with Gasteiger partial charge in [-0.3, -0.25) is 4.79 Å². The summed E-state index contributed by atoms with van der Waals surface area (Å²) in [6.45, 7) is 2.09. The number of para-hydroxylation sites is 1. The third kappa shape index (κ3) is 4.68. The molecule has 0 spiro atoms. The molecular formula is C21H19NOS2. The predicted molar refractivity (Wildman–Crippen MR) is 108 cm³/mol. The minimum absolute atomic E-state index is 0.0716. The summed E-state index contributed by atoms with van der Waals surface area (Å²) in [5, 5.41) is 3.07. The first-order valence-corrected chi connectivity index (χ1v) is 9.93. The molecule has 1 amide bonds. The zero-order valence-corrected chi connectivity index (χ0v) is 15.6. The molecule has 0 heterocycles. The molecule has 0 radical (unpaired) electrons. The van der Waals surface area contributed by atoms with Crippen LogP contribution < -0.4 is 5.32 Å². The quantitative estimate of drug-likeness (QED) is 0.527. The summed E-state index contributed by atoms with van der Waals surface area (Å²) in [6.07, 6.45) is 0. The van der Waals surface area contributed by atoms with Gasteiger partial charge in [-0.2, -0.15) is 0 Å². The molecule has 0 aliphatic heterocycles. The van der Waals surface area contributed by atoms with Crippen molar-refractivity contribution in [1.29, 1.82) is 0 Å². The Morgan fingerprint density at radius 1 is 0.840 bits per heavy atom. The minimum Gasteiger partial charge on any atom is -0.321 e. The van der Waals surface area contributed by atoms with Crippen molar-refractivity contribution in [2.75, 3.05) is 11.1 Å². The van der Waals surface area contributed by atoms with Crippen molar-refractivity contribution in [2.45, 2.75) is 21.6 Å². The van der Waals surface area contributed by atoms with E-state index >= 15 is 0 Å². The van der Waals surface area contributed by atoms with E-state index in [0.717, 1.165) is 26.1 Å². The van der Waals surface area contributed by atoms with Gasteiger partial charge in [-0.1, -0.05) is 61.2 Å². The zero-order valence-electron chi connectivity index (χ0n) is 13.9. The van der Waals surface area contributed by atoms with Crippen LogP contribution in [0.25, 0.3) is 0 Å². The van der Waals surface area contributed by atoms with Crippen LogP contribution in [-0.4, -0.2) is 11.7 Å². The largest absolute Gasteiger partial charge is 0.321 e. The molecule has 3 aromatic rings. The highest BCUT2D eigenvalue weighted by Gasteiger charge is 2.13. The van der Waals surface area contributed by atoms with Crippen LogP contribution in [-0.2, 0) is 0 Å². The lowest BCUT2D eigenvalue weighted by molar-refractivity contribution is 0.102. The molecule has 25 heavy (non-hydrogen) atoms. The number of carbonyl (C=O) groups is 1. The number of hydrogen-bond acceptors (Lipinski definition) is 3. The second-order valence-electron chi connectivity index (χ2n) is 5.29. The summed E-state index contributed by atoms with van der Waals surface area (Å²) in [5.74, 6) is 0.864. The van der Waals surface area contributed by atoms with Crippen molar-refractivity contribution < 1.29 is 4.79 Å². The van der Waals surface area contributed by atoms with E-state index in [0.29, 0.717) is 5.56 Å². The van der Waals surface area contributed by atoms with E-state index in [1.165, 1.54) is 0 Å². The van der Waals surface area contributed by atoms with Crippen molar-refractivity contribution in [2.24, 2.45) is 0 Å². The van der Waals surface area contributed by atoms with Crippen LogP contribution in [0.1, 0.15) is 17.3 Å². The highest BCUT2D eigenvalue weighted by Crippen LogP contribution is 2.33. The van der Waals surface area contributed by atoms with Gasteiger partial charge in [0, 0.05) is 14.7 Å². The van der Waals surface area contributed by atoms with Crippen molar-refractivity contribution in [3.63, 3.8) is 0 Å². The molecule has 0 aliphatic rings. The van der Waals surface area contributed by atoms with Crippen molar-refractivity contribution in [3.8, 4) is 0 Å². The average Bonchev–Trinajstić information content (AvgIpc) is 2.65. The maximum Gasteiger partial charge on any atom is 0.256 e. The van der Waals surface area contributed by atoms with Crippen molar-refractivity contribution in [3.05, 3.63) is 84.4 Å². The van der Waals surface area contributed by atoms with Gasteiger partial charge in [-0.15, -0.1) is 11.8 Å². The van der Waals surface area contributed by atoms with E-state index in [1.54, 1.807) is 23.5 Å². The van der Waals surface area contributed by atoms with E-state index < -0.39 is 0 Å². The maximum atomic E-state index is 12.8. The number of anilines is 1. The molecule has 3 rings (SSSR count). The van der Waals surface area contributed by atoms with Crippen LogP contribution in [0, 0.1) is 0 Å². The Balaban J connectivity index is 1.83. The van der Waals surface area contributed by atoms with E-state index in [1.807, 2.05) is 66.7 Å². The van der Waals surface area contributed by atoms with E-state index in [9.17, 15) is 4.79 Å². The maximum absolute atomic E-state index is 12.8. The molecule has 0 bridgehead atoms. The van der Waals surface area contributed by atoms with Crippen LogP contribution >= 0.6 is 23.5 Å². The highest BCUT2D eigenvalue weighted by atomic mass is 32.2. The van der Waals surface area contributed by atoms with Gasteiger partial charge in [0.2, 0.25) is 0 Å². The molecule has 2 nitrogen and oxygen atoms in total. The Bertz CT molecular complexity index is 849. The summed E-state index contributed by atoms with van der Waals surface area (Å²) in [5.41, 5.74) is 1.55. The Hall–Kier alpha value is -2.17. The molecule has 1 N–H and O–H groups in total. The molecule has 0 fully saturated rings. The van der Waals surface area contributed by atoms with E-state index in [4.69, 9.17) is 0 Å². The molecule has 0 saturated carbocycles. The zero-order chi connectivity index (χ0) is 17.5. The molecule has 0 saturated heterocycles. The first-order chi connectivity index (χ1) is 12.3. The molecule has 3 aromatic carbocycles. The van der Waals surface area contributed by atoms with E-state index in [-0.39, 0.29) is 5.91 Å².